The number of rotatable bonds is 2. The second-order valence-electron chi connectivity index (χ2n) is 3.75. The Morgan fingerprint density at radius 1 is 1.50 bits per heavy atom. The molecule has 2 aromatic heterocycles. The third-order valence-electron chi connectivity index (χ3n) is 2.64. The normalized spacial score (nSPS) is 13.0. The molecule has 0 bridgehead atoms. The summed E-state index contributed by atoms with van der Waals surface area (Å²) in [6.45, 7) is 3.64. The molecule has 1 unspecified atom stereocenters. The van der Waals surface area contributed by atoms with Gasteiger partial charge in [-0.25, -0.2) is 4.79 Å². The number of carbonyl (C=O) groups excluding carboxylic acids is 1. The van der Waals surface area contributed by atoms with Gasteiger partial charge in [-0.15, -0.1) is 0 Å². The third-order valence-corrected chi connectivity index (χ3v) is 2.64. The zero-order valence-electron chi connectivity index (χ0n) is 9.76. The Balaban J connectivity index is 2.47. The van der Waals surface area contributed by atoms with Crippen LogP contribution < -0.4 is 0 Å². The Bertz CT molecular complexity index is 506. The fourth-order valence-electron chi connectivity index (χ4n) is 1.68. The highest BCUT2D eigenvalue weighted by Gasteiger charge is 2.18. The summed E-state index contributed by atoms with van der Waals surface area (Å²) in [5, 5.41) is 8.57. The first-order valence-corrected chi connectivity index (χ1v) is 5.01. The van der Waals surface area contributed by atoms with Crippen molar-refractivity contribution in [2.45, 2.75) is 19.9 Å². The monoisotopic (exact) mass is 222 g/mol. The number of fused-ring (bicyclic) bond motifs is 1. The number of ether oxygens (including phenoxy) is 1. The quantitative estimate of drug-likeness (QED) is 0.705. The molecule has 0 aliphatic heterocycles. The summed E-state index contributed by atoms with van der Waals surface area (Å²) in [6, 6.07) is -0.420. The number of hydrogen-bond donors (Lipinski definition) is 0. The molecule has 0 N–H and O–H groups in total. The largest absolute Gasteiger partial charge is 0.467 e. The number of aryl methyl sites for hydroxylation is 2. The molecule has 0 saturated heterocycles. The van der Waals surface area contributed by atoms with Crippen LogP contribution >= 0.6 is 0 Å². The van der Waals surface area contributed by atoms with Crippen molar-refractivity contribution in [3.63, 3.8) is 0 Å². The van der Waals surface area contributed by atoms with Gasteiger partial charge in [-0.2, -0.15) is 10.2 Å². The van der Waals surface area contributed by atoms with Crippen LogP contribution in [0.1, 0.15) is 18.7 Å². The van der Waals surface area contributed by atoms with Crippen molar-refractivity contribution in [2.75, 3.05) is 7.11 Å². The van der Waals surface area contributed by atoms with Gasteiger partial charge < -0.3 is 4.74 Å². The van der Waals surface area contributed by atoms with Crippen LogP contribution in [-0.2, 0) is 16.6 Å². The van der Waals surface area contributed by atoms with Crippen LogP contribution in [0.3, 0.4) is 0 Å². The number of methoxy groups -OCH3 is 1. The second kappa shape index (κ2) is 3.62. The van der Waals surface area contributed by atoms with Crippen molar-refractivity contribution in [3.8, 4) is 0 Å². The van der Waals surface area contributed by atoms with E-state index in [9.17, 15) is 4.79 Å². The number of aromatic nitrogens is 4. The molecule has 0 aromatic carbocycles. The highest BCUT2D eigenvalue weighted by Crippen LogP contribution is 2.18. The van der Waals surface area contributed by atoms with Gasteiger partial charge in [-0.3, -0.25) is 9.36 Å². The van der Waals surface area contributed by atoms with Crippen LogP contribution in [-0.4, -0.2) is 32.6 Å². The fraction of sp³-hybridized carbons (Fsp3) is 0.500. The predicted octanol–water partition coefficient (Wildman–Crippen LogP) is 0.812. The van der Waals surface area contributed by atoms with E-state index in [2.05, 4.69) is 14.9 Å². The van der Waals surface area contributed by atoms with Gasteiger partial charge in [0.25, 0.3) is 0 Å². The van der Waals surface area contributed by atoms with Crippen LogP contribution in [0.2, 0.25) is 0 Å². The molecular weight excluding hydrogens is 208 g/mol. The van der Waals surface area contributed by atoms with Gasteiger partial charge in [0.2, 0.25) is 0 Å². The lowest BCUT2D eigenvalue weighted by Crippen LogP contribution is -2.18. The van der Waals surface area contributed by atoms with Gasteiger partial charge in [-0.05, 0) is 13.8 Å². The van der Waals surface area contributed by atoms with Gasteiger partial charge in [-0.1, -0.05) is 0 Å². The first-order valence-electron chi connectivity index (χ1n) is 5.01. The minimum Gasteiger partial charge on any atom is -0.467 e. The highest BCUT2D eigenvalue weighted by atomic mass is 16.5. The lowest BCUT2D eigenvalue weighted by Gasteiger charge is -2.08. The van der Waals surface area contributed by atoms with E-state index in [1.807, 2.05) is 14.0 Å². The van der Waals surface area contributed by atoms with Crippen molar-refractivity contribution < 1.29 is 9.53 Å². The van der Waals surface area contributed by atoms with E-state index in [1.54, 1.807) is 22.5 Å². The summed E-state index contributed by atoms with van der Waals surface area (Å²) in [6.07, 6.45) is 1.80. The fourth-order valence-corrected chi connectivity index (χ4v) is 1.68. The summed E-state index contributed by atoms with van der Waals surface area (Å²) in [5.41, 5.74) is 2.58. The molecule has 0 amide bonds. The first-order chi connectivity index (χ1) is 7.54. The van der Waals surface area contributed by atoms with Crippen LogP contribution in [0, 0.1) is 6.92 Å². The first kappa shape index (κ1) is 10.7. The van der Waals surface area contributed by atoms with Crippen LogP contribution in [0.4, 0.5) is 0 Å². The molecular formula is C10H14N4O2. The molecule has 0 radical (unpaired) electrons. The van der Waals surface area contributed by atoms with Gasteiger partial charge in [0, 0.05) is 7.05 Å². The molecule has 2 rings (SSSR count). The average Bonchev–Trinajstić information content (AvgIpc) is 2.80. The van der Waals surface area contributed by atoms with Crippen molar-refractivity contribution in [3.05, 3.63) is 11.9 Å². The van der Waals surface area contributed by atoms with E-state index in [0.29, 0.717) is 0 Å². The smallest absolute Gasteiger partial charge is 0.330 e. The van der Waals surface area contributed by atoms with Crippen molar-refractivity contribution in [2.24, 2.45) is 7.05 Å². The van der Waals surface area contributed by atoms with Crippen molar-refractivity contribution in [1.29, 1.82) is 0 Å². The van der Waals surface area contributed by atoms with E-state index in [4.69, 9.17) is 0 Å². The van der Waals surface area contributed by atoms with Crippen LogP contribution in [0.25, 0.3) is 11.0 Å². The van der Waals surface area contributed by atoms with Gasteiger partial charge in [0.05, 0.1) is 19.0 Å². The number of nitrogens with zero attached hydrogens (tertiary/aromatic N) is 4. The summed E-state index contributed by atoms with van der Waals surface area (Å²) in [7, 11) is 3.22. The summed E-state index contributed by atoms with van der Waals surface area (Å²) >= 11 is 0. The van der Waals surface area contributed by atoms with E-state index in [0.717, 1.165) is 16.7 Å². The van der Waals surface area contributed by atoms with E-state index < -0.39 is 6.04 Å². The Morgan fingerprint density at radius 2 is 2.19 bits per heavy atom. The lowest BCUT2D eigenvalue weighted by molar-refractivity contribution is -0.144. The van der Waals surface area contributed by atoms with Gasteiger partial charge in [0.15, 0.2) is 0 Å². The maximum Gasteiger partial charge on any atom is 0.330 e. The molecule has 0 aliphatic carbocycles. The lowest BCUT2D eigenvalue weighted by atomic mass is 10.3. The summed E-state index contributed by atoms with van der Waals surface area (Å²) in [5.74, 6) is -0.307. The second-order valence-corrected chi connectivity index (χ2v) is 3.75. The molecule has 16 heavy (non-hydrogen) atoms. The van der Waals surface area contributed by atoms with Gasteiger partial charge in [0.1, 0.15) is 17.1 Å². The molecule has 0 spiro atoms. The van der Waals surface area contributed by atoms with E-state index in [1.165, 1.54) is 7.11 Å². The molecule has 0 fully saturated rings. The number of carbonyl (C=O) groups is 1. The molecule has 1 atom stereocenters. The minimum absolute atomic E-state index is 0.307. The molecule has 6 heteroatoms. The molecule has 0 saturated carbocycles. The van der Waals surface area contributed by atoms with Crippen LogP contribution in [0.5, 0.6) is 0 Å². The molecule has 86 valence electrons. The SMILES string of the molecule is COC(=O)C(C)n1cc2c(n1)c(C)nn2C. The zero-order chi connectivity index (χ0) is 11.9. The Labute approximate surface area is 92.8 Å². The summed E-state index contributed by atoms with van der Waals surface area (Å²) < 4.78 is 8.03. The average molecular weight is 222 g/mol. The Hall–Kier alpha value is -1.85. The van der Waals surface area contributed by atoms with E-state index >= 15 is 0 Å². The zero-order valence-corrected chi connectivity index (χ0v) is 9.76. The highest BCUT2D eigenvalue weighted by molar-refractivity contribution is 5.78. The third kappa shape index (κ3) is 1.46. The standard InChI is InChI=1S/C10H14N4O2/c1-6-9-8(13(3)11-6)5-14(12-9)7(2)10(15)16-4/h5,7H,1-4H3. The Kier molecular flexibility index (Phi) is 2.41. The minimum atomic E-state index is -0.420. The van der Waals surface area contributed by atoms with Crippen molar-refractivity contribution in [1.82, 2.24) is 19.6 Å². The van der Waals surface area contributed by atoms with E-state index in [-0.39, 0.29) is 5.97 Å². The van der Waals surface area contributed by atoms with Crippen LogP contribution in [0.15, 0.2) is 6.20 Å². The Morgan fingerprint density at radius 3 is 2.75 bits per heavy atom. The topological polar surface area (TPSA) is 61.9 Å². The maximum absolute atomic E-state index is 11.4. The number of hydrogen-bond acceptors (Lipinski definition) is 4. The number of esters is 1. The van der Waals surface area contributed by atoms with Crippen molar-refractivity contribution >= 4 is 17.0 Å². The predicted molar refractivity (Wildman–Crippen MR) is 58.0 cm³/mol. The molecule has 2 heterocycles. The molecule has 0 aliphatic rings. The van der Waals surface area contributed by atoms with Gasteiger partial charge >= 0.3 is 5.97 Å². The maximum atomic E-state index is 11.4. The molecule has 6 nitrogen and oxygen atoms in total. The summed E-state index contributed by atoms with van der Waals surface area (Å²) in [4.78, 5) is 11.4. The molecule has 2 aromatic rings.